The van der Waals surface area contributed by atoms with Gasteiger partial charge in [0.2, 0.25) is 0 Å². The minimum atomic E-state index is -1.82. The maximum absolute atomic E-state index is 15.4. The quantitative estimate of drug-likeness (QED) is 0.159. The molecule has 6 heterocycles. The number of benzene rings is 2. The molecule has 2 aliphatic carbocycles. The van der Waals surface area contributed by atoms with Crippen LogP contribution >= 0.6 is 0 Å². The van der Waals surface area contributed by atoms with E-state index < -0.39 is 40.0 Å². The smallest absolute Gasteiger partial charge is 0.322 e. The summed E-state index contributed by atoms with van der Waals surface area (Å²) in [7, 11) is 5.13. The van der Waals surface area contributed by atoms with Crippen LogP contribution in [0.5, 0.6) is 5.75 Å². The fraction of sp³-hybridized carbons (Fsp3) is 0.571. The summed E-state index contributed by atoms with van der Waals surface area (Å²) >= 11 is 0. The first-order valence-electron chi connectivity index (χ1n) is 22.4. The first kappa shape index (κ1) is 40.4. The van der Waals surface area contributed by atoms with Crippen molar-refractivity contribution in [1.29, 1.82) is 0 Å². The van der Waals surface area contributed by atoms with E-state index in [9.17, 15) is 14.7 Å². The Morgan fingerprint density at radius 1 is 1.03 bits per heavy atom. The van der Waals surface area contributed by atoms with Gasteiger partial charge in [0.15, 0.2) is 5.60 Å². The van der Waals surface area contributed by atoms with Crippen molar-refractivity contribution in [2.45, 2.75) is 100 Å². The molecule has 2 saturated carbocycles. The molecule has 0 radical (unpaired) electrons. The van der Waals surface area contributed by atoms with Gasteiger partial charge in [-0.1, -0.05) is 55.8 Å². The average molecular weight is 833 g/mol. The number of aromatic amines is 1. The molecule has 1 aromatic heterocycles. The number of ether oxygens (including phenoxy) is 4. The van der Waals surface area contributed by atoms with Crippen LogP contribution in [-0.4, -0.2) is 122 Å². The summed E-state index contributed by atoms with van der Waals surface area (Å²) in [5.41, 5.74) is 2.12. The number of carbonyl (C=O) groups is 3. The van der Waals surface area contributed by atoms with Crippen LogP contribution in [0.25, 0.3) is 10.9 Å². The molecular weight excluding hydrogens is 773 g/mol. The van der Waals surface area contributed by atoms with Crippen LogP contribution < -0.4 is 9.64 Å². The first-order valence-corrected chi connectivity index (χ1v) is 22.4. The third kappa shape index (κ3) is 5.63. The van der Waals surface area contributed by atoms with Gasteiger partial charge in [0.25, 0.3) is 0 Å². The van der Waals surface area contributed by atoms with Crippen molar-refractivity contribution in [3.05, 3.63) is 82.6 Å². The molecule has 324 valence electrons. The molecule has 1 spiro atoms. The zero-order valence-corrected chi connectivity index (χ0v) is 36.4. The van der Waals surface area contributed by atoms with Gasteiger partial charge < -0.3 is 33.9 Å². The van der Waals surface area contributed by atoms with Crippen molar-refractivity contribution < 1.29 is 38.4 Å². The zero-order chi connectivity index (χ0) is 42.6. The number of methoxy groups -OCH3 is 2. The predicted molar refractivity (Wildman–Crippen MR) is 231 cm³/mol. The number of fused-ring (bicyclic) bond motifs is 6. The number of hydrogen-bond donors (Lipinski definition) is 2. The van der Waals surface area contributed by atoms with Crippen LogP contribution in [0.4, 0.5) is 5.69 Å². The molecule has 9 atom stereocenters. The van der Waals surface area contributed by atoms with E-state index in [0.29, 0.717) is 31.6 Å². The van der Waals surface area contributed by atoms with Crippen molar-refractivity contribution in [2.24, 2.45) is 17.3 Å². The second-order valence-corrected chi connectivity index (χ2v) is 19.1. The summed E-state index contributed by atoms with van der Waals surface area (Å²) in [4.78, 5) is 52.8. The van der Waals surface area contributed by atoms with Crippen molar-refractivity contribution in [1.82, 2.24) is 14.8 Å². The highest BCUT2D eigenvalue weighted by Crippen LogP contribution is 2.68. The molecule has 10 rings (SSSR count). The summed E-state index contributed by atoms with van der Waals surface area (Å²) in [6.07, 6.45) is 10.6. The van der Waals surface area contributed by atoms with Gasteiger partial charge in [0.1, 0.15) is 23.9 Å². The van der Waals surface area contributed by atoms with Gasteiger partial charge >= 0.3 is 17.9 Å². The summed E-state index contributed by atoms with van der Waals surface area (Å²) < 4.78 is 24.9. The van der Waals surface area contributed by atoms with Crippen molar-refractivity contribution >= 4 is 34.5 Å². The Morgan fingerprint density at radius 2 is 1.84 bits per heavy atom. The highest BCUT2D eigenvalue weighted by Gasteiger charge is 2.78. The third-order valence-electron chi connectivity index (χ3n) is 16.0. The van der Waals surface area contributed by atoms with Gasteiger partial charge in [0.05, 0.1) is 26.2 Å². The Bertz CT molecular complexity index is 2370. The number of anilines is 1. The van der Waals surface area contributed by atoms with E-state index in [1.165, 1.54) is 19.6 Å². The molecular formula is C49H60N4O8. The van der Waals surface area contributed by atoms with E-state index in [4.69, 9.17) is 18.9 Å². The van der Waals surface area contributed by atoms with Gasteiger partial charge in [-0.05, 0) is 80.7 Å². The summed E-state index contributed by atoms with van der Waals surface area (Å²) in [5.74, 6) is -0.790. The van der Waals surface area contributed by atoms with Crippen LogP contribution in [-0.2, 0) is 45.8 Å². The number of aromatic nitrogens is 1. The number of likely N-dealkylation sites (N-methyl/N-ethyl adjacent to an activating group) is 1. The van der Waals surface area contributed by atoms with E-state index in [1.807, 2.05) is 19.2 Å². The average Bonchev–Trinajstić information content (AvgIpc) is 3.88. The fourth-order valence-electron chi connectivity index (χ4n) is 13.6. The maximum atomic E-state index is 15.4. The lowest BCUT2D eigenvalue weighted by molar-refractivity contribution is -0.232. The van der Waals surface area contributed by atoms with E-state index in [1.54, 1.807) is 7.11 Å². The van der Waals surface area contributed by atoms with Crippen molar-refractivity contribution in [2.75, 3.05) is 65.5 Å². The molecule has 12 heteroatoms. The zero-order valence-electron chi connectivity index (χ0n) is 36.4. The van der Waals surface area contributed by atoms with E-state index in [2.05, 4.69) is 76.0 Å². The molecule has 5 aliphatic heterocycles. The molecule has 2 bridgehead atoms. The van der Waals surface area contributed by atoms with Crippen LogP contribution in [0.2, 0.25) is 0 Å². The molecule has 7 aliphatic rings. The van der Waals surface area contributed by atoms with E-state index in [-0.39, 0.29) is 36.4 Å². The Labute approximate surface area is 358 Å². The van der Waals surface area contributed by atoms with Gasteiger partial charge in [-0.3, -0.25) is 24.2 Å². The molecule has 3 aromatic rings. The summed E-state index contributed by atoms with van der Waals surface area (Å²) in [6.45, 7) is 9.39. The second kappa shape index (κ2) is 14.5. The number of rotatable bonds is 9. The lowest BCUT2D eigenvalue weighted by atomic mass is 9.47. The number of aliphatic hydroxyl groups is 1. The minimum absolute atomic E-state index is 0.0373. The Balaban J connectivity index is 1.25. The summed E-state index contributed by atoms with van der Waals surface area (Å²) in [5, 5.41) is 14.8. The molecule has 2 aromatic carbocycles. The van der Waals surface area contributed by atoms with Gasteiger partial charge in [-0.2, -0.15) is 0 Å². The summed E-state index contributed by atoms with van der Waals surface area (Å²) in [6, 6.07) is 11.7. The Hall–Kier alpha value is -4.65. The number of nitrogens with zero attached hydrogens (tertiary/aromatic N) is 3. The highest BCUT2D eigenvalue weighted by atomic mass is 16.6. The Morgan fingerprint density at radius 3 is 2.56 bits per heavy atom. The van der Waals surface area contributed by atoms with E-state index in [0.717, 1.165) is 90.8 Å². The van der Waals surface area contributed by atoms with Crippen molar-refractivity contribution in [3.8, 4) is 5.75 Å². The Kier molecular flexibility index (Phi) is 9.58. The predicted octanol–water partition coefficient (Wildman–Crippen LogP) is 5.58. The highest BCUT2D eigenvalue weighted by molar-refractivity contribution is 5.94. The number of para-hydroxylation sites is 1. The number of carbonyl (C=O) groups excluding carboxylic acids is 3. The molecule has 0 amide bonds. The van der Waals surface area contributed by atoms with Gasteiger partial charge in [0, 0.05) is 90.9 Å². The molecule has 1 unspecified atom stereocenters. The number of nitrogens with one attached hydrogen (secondary N) is 1. The van der Waals surface area contributed by atoms with Crippen LogP contribution in [0.3, 0.4) is 0 Å². The normalized spacial score (nSPS) is 34.8. The number of esters is 3. The van der Waals surface area contributed by atoms with Gasteiger partial charge in [-0.25, -0.2) is 0 Å². The standard InChI is InChI=1S/C49H60N4O8/c1-7-30-22-31-25-48(45(56)59-6,40-34(16-20-52(26-30)27-31)33-12-9-10-13-37(33)50-40)36-23-35-38(24-39(36)58-5)51(4)43-47(35)18-21-53-19-11-17-46(8-2,42(47)53)44(61-29(3)54)49(43,57)28-60-41(55)32-14-15-32/h9-13,17,22-24,31-32,42-44,50,57H,7-8,14-16,18-21,25-28H2,1-6H3/t31-,42+,43+,44+,46+,47-,48-,49-/m0/s1. The van der Waals surface area contributed by atoms with E-state index >= 15 is 4.79 Å². The lowest BCUT2D eigenvalue weighted by Gasteiger charge is -2.64. The molecule has 3 fully saturated rings. The lowest BCUT2D eigenvalue weighted by Crippen LogP contribution is -2.80. The molecule has 12 nitrogen and oxygen atoms in total. The maximum Gasteiger partial charge on any atom is 0.322 e. The first-order chi connectivity index (χ1) is 29.4. The van der Waals surface area contributed by atoms with Gasteiger partial charge in [-0.15, -0.1) is 0 Å². The topological polar surface area (TPSA) is 134 Å². The number of hydrogen-bond acceptors (Lipinski definition) is 11. The van der Waals surface area contributed by atoms with Crippen molar-refractivity contribution in [3.63, 3.8) is 0 Å². The molecule has 2 N–H and O–H groups in total. The monoisotopic (exact) mass is 832 g/mol. The number of H-pyrrole nitrogens is 1. The minimum Gasteiger partial charge on any atom is -0.496 e. The third-order valence-corrected chi connectivity index (χ3v) is 16.0. The van der Waals surface area contributed by atoms with Crippen LogP contribution in [0.1, 0.15) is 81.7 Å². The van der Waals surface area contributed by atoms with Crippen LogP contribution in [0.15, 0.2) is 60.2 Å². The SMILES string of the molecule is CCC1=C[C@@H]2CN(CCc3c([nH]c4ccccc34)[C@@](C(=O)OC)(c3cc4c(cc3OC)N(C)[C@H]3[C@@](O)(COC(=O)C5CC5)[C@H](OC(C)=O)[C@]5(CC)C=CCN6CC[C@@]43[C@H]65)C2)C1. The van der Waals surface area contributed by atoms with Crippen LogP contribution in [0, 0.1) is 17.3 Å². The fourth-order valence-corrected chi connectivity index (χ4v) is 13.6. The molecule has 61 heavy (non-hydrogen) atoms. The second-order valence-electron chi connectivity index (χ2n) is 19.1. The largest absolute Gasteiger partial charge is 0.496 e. The molecule has 1 saturated heterocycles.